The number of hydrogen-bond acceptors (Lipinski definition) is 6. The third-order valence-electron chi connectivity index (χ3n) is 5.44. The van der Waals surface area contributed by atoms with Gasteiger partial charge in [0.25, 0.3) is 5.56 Å². The van der Waals surface area contributed by atoms with Gasteiger partial charge in [0.05, 0.1) is 11.7 Å². The molecule has 1 amide bonds. The summed E-state index contributed by atoms with van der Waals surface area (Å²) in [5.74, 6) is -0.117. The zero-order valence-electron chi connectivity index (χ0n) is 16.6. The molecule has 1 aliphatic heterocycles. The number of carbonyl (C=O) groups is 1. The maximum Gasteiger partial charge on any atom is 0.263 e. The van der Waals surface area contributed by atoms with Crippen molar-refractivity contribution in [2.45, 2.75) is 45.2 Å². The first-order chi connectivity index (χ1) is 14.2. The third kappa shape index (κ3) is 4.60. The predicted molar refractivity (Wildman–Crippen MR) is 120 cm³/mol. The third-order valence-corrected chi connectivity index (χ3v) is 7.23. The summed E-state index contributed by atoms with van der Waals surface area (Å²) in [7, 11) is 0. The van der Waals surface area contributed by atoms with Crippen molar-refractivity contribution < 1.29 is 4.79 Å². The first-order valence-corrected chi connectivity index (χ1v) is 11.9. The molecule has 8 heteroatoms. The smallest absolute Gasteiger partial charge is 0.263 e. The number of fused-ring (bicyclic) bond motifs is 1. The molecular weight excluding hydrogens is 404 g/mol. The van der Waals surface area contributed by atoms with E-state index in [2.05, 4.69) is 22.1 Å². The minimum atomic E-state index is -0.149. The Balaban J connectivity index is 1.42. The maximum absolute atomic E-state index is 13.0. The fourth-order valence-electron chi connectivity index (χ4n) is 3.80. The molecule has 0 unspecified atom stereocenters. The Kier molecular flexibility index (Phi) is 6.42. The number of aromatic nitrogens is 2. The second-order valence-corrected chi connectivity index (χ2v) is 9.33. The van der Waals surface area contributed by atoms with Crippen molar-refractivity contribution in [1.82, 2.24) is 19.8 Å². The zero-order valence-corrected chi connectivity index (χ0v) is 18.2. The van der Waals surface area contributed by atoms with E-state index in [1.54, 1.807) is 11.3 Å². The fourth-order valence-corrected chi connectivity index (χ4v) is 5.52. The number of amides is 1. The molecule has 1 fully saturated rings. The quantitative estimate of drug-likeness (QED) is 0.622. The van der Waals surface area contributed by atoms with Crippen molar-refractivity contribution in [2.24, 2.45) is 0 Å². The van der Waals surface area contributed by atoms with Crippen LogP contribution in [-0.4, -0.2) is 46.0 Å². The highest BCUT2D eigenvalue weighted by Crippen LogP contribution is 2.33. The Morgan fingerprint density at radius 3 is 2.86 bits per heavy atom. The number of nitrogens with one attached hydrogen (secondary N) is 1. The number of hydrogen-bond donors (Lipinski definition) is 1. The van der Waals surface area contributed by atoms with Gasteiger partial charge in [0.2, 0.25) is 5.91 Å². The summed E-state index contributed by atoms with van der Waals surface area (Å²) in [5.41, 5.74) is 0.760. The van der Waals surface area contributed by atoms with Crippen LogP contribution in [0.2, 0.25) is 0 Å². The molecule has 3 aromatic rings. The van der Waals surface area contributed by atoms with Gasteiger partial charge in [0.1, 0.15) is 11.4 Å². The highest BCUT2D eigenvalue weighted by Gasteiger charge is 2.21. The van der Waals surface area contributed by atoms with Gasteiger partial charge >= 0.3 is 0 Å². The van der Waals surface area contributed by atoms with Crippen LogP contribution in [0.25, 0.3) is 20.7 Å². The van der Waals surface area contributed by atoms with Crippen molar-refractivity contribution in [2.75, 3.05) is 19.6 Å². The molecule has 154 valence electrons. The second kappa shape index (κ2) is 9.19. The van der Waals surface area contributed by atoms with Gasteiger partial charge in [-0.1, -0.05) is 19.4 Å². The number of thiophene rings is 2. The second-order valence-electron chi connectivity index (χ2n) is 7.52. The molecule has 1 N–H and O–H groups in total. The SMILES string of the molecule is CCCCN1CCC(NC(=O)Cn2cnc3scc(-c4cccs4)c3c2=O)CC1. The van der Waals surface area contributed by atoms with E-state index in [4.69, 9.17) is 0 Å². The number of rotatable bonds is 7. The first-order valence-electron chi connectivity index (χ1n) is 10.2. The van der Waals surface area contributed by atoms with E-state index in [1.165, 1.54) is 35.1 Å². The molecule has 4 heterocycles. The van der Waals surface area contributed by atoms with Crippen molar-refractivity contribution in [1.29, 1.82) is 0 Å². The van der Waals surface area contributed by atoms with Crippen LogP contribution in [-0.2, 0) is 11.3 Å². The van der Waals surface area contributed by atoms with E-state index in [9.17, 15) is 9.59 Å². The molecule has 0 aromatic carbocycles. The molecule has 3 aromatic heterocycles. The fraction of sp³-hybridized carbons (Fsp3) is 0.476. The van der Waals surface area contributed by atoms with E-state index >= 15 is 0 Å². The minimum absolute atomic E-state index is 0.0115. The van der Waals surface area contributed by atoms with E-state index < -0.39 is 0 Å². The molecule has 29 heavy (non-hydrogen) atoms. The van der Waals surface area contributed by atoms with Crippen LogP contribution in [0.15, 0.2) is 34.0 Å². The van der Waals surface area contributed by atoms with Crippen molar-refractivity contribution in [3.63, 3.8) is 0 Å². The highest BCUT2D eigenvalue weighted by molar-refractivity contribution is 7.18. The molecular formula is C21H26N4O2S2. The number of likely N-dealkylation sites (tertiary alicyclic amines) is 1. The lowest BCUT2D eigenvalue weighted by Gasteiger charge is -2.32. The van der Waals surface area contributed by atoms with Crippen LogP contribution >= 0.6 is 22.7 Å². The van der Waals surface area contributed by atoms with Crippen LogP contribution in [0, 0.1) is 0 Å². The van der Waals surface area contributed by atoms with Crippen LogP contribution in [0.5, 0.6) is 0 Å². The Morgan fingerprint density at radius 2 is 2.14 bits per heavy atom. The topological polar surface area (TPSA) is 67.2 Å². The number of nitrogens with zero attached hydrogens (tertiary/aromatic N) is 3. The molecule has 0 radical (unpaired) electrons. The van der Waals surface area contributed by atoms with E-state index in [1.807, 2.05) is 22.9 Å². The summed E-state index contributed by atoms with van der Waals surface area (Å²) in [6.45, 7) is 5.42. The van der Waals surface area contributed by atoms with Gasteiger partial charge in [-0.3, -0.25) is 14.2 Å². The van der Waals surface area contributed by atoms with E-state index in [0.29, 0.717) is 5.39 Å². The van der Waals surface area contributed by atoms with Crippen LogP contribution in [0.3, 0.4) is 0 Å². The summed E-state index contributed by atoms with van der Waals surface area (Å²) in [5, 5.41) is 7.68. The molecule has 0 bridgehead atoms. The molecule has 4 rings (SSSR count). The monoisotopic (exact) mass is 430 g/mol. The Bertz CT molecular complexity index is 1020. The summed E-state index contributed by atoms with van der Waals surface area (Å²) in [6.07, 6.45) is 5.86. The average molecular weight is 431 g/mol. The van der Waals surface area contributed by atoms with Crippen molar-refractivity contribution in [3.8, 4) is 10.4 Å². The molecule has 0 spiro atoms. The van der Waals surface area contributed by atoms with Crippen molar-refractivity contribution in [3.05, 3.63) is 39.6 Å². The Morgan fingerprint density at radius 1 is 1.31 bits per heavy atom. The first kappa shape index (κ1) is 20.3. The minimum Gasteiger partial charge on any atom is -0.352 e. The molecule has 1 saturated heterocycles. The Hall–Kier alpha value is -2.03. The number of unbranched alkanes of at least 4 members (excludes halogenated alkanes) is 1. The average Bonchev–Trinajstić information content (AvgIpc) is 3.39. The largest absolute Gasteiger partial charge is 0.352 e. The van der Waals surface area contributed by atoms with Gasteiger partial charge in [-0.15, -0.1) is 22.7 Å². The van der Waals surface area contributed by atoms with Crippen LogP contribution in [0.4, 0.5) is 0 Å². The lowest BCUT2D eigenvalue weighted by atomic mass is 10.0. The molecule has 1 aliphatic rings. The van der Waals surface area contributed by atoms with E-state index in [-0.39, 0.29) is 24.1 Å². The van der Waals surface area contributed by atoms with Gasteiger partial charge < -0.3 is 10.2 Å². The normalized spacial score (nSPS) is 15.8. The molecule has 0 atom stereocenters. The standard InChI is InChI=1S/C21H26N4O2S2/c1-2-3-8-24-9-6-15(7-10-24)23-18(26)12-25-14-22-20-19(21(25)27)16(13-29-20)17-5-4-11-28-17/h4-5,11,13-15H,2-3,6-10,12H2,1H3,(H,23,26). The highest BCUT2D eigenvalue weighted by atomic mass is 32.1. The number of carbonyl (C=O) groups excluding carboxylic acids is 1. The lowest BCUT2D eigenvalue weighted by Crippen LogP contribution is -2.46. The van der Waals surface area contributed by atoms with Crippen molar-refractivity contribution >= 4 is 38.8 Å². The zero-order chi connectivity index (χ0) is 20.2. The summed E-state index contributed by atoms with van der Waals surface area (Å²) in [4.78, 5) is 34.2. The Labute approximate surface area is 178 Å². The van der Waals surface area contributed by atoms with Gasteiger partial charge in [0, 0.05) is 35.0 Å². The molecule has 6 nitrogen and oxygen atoms in total. The van der Waals surface area contributed by atoms with Gasteiger partial charge in [0.15, 0.2) is 0 Å². The summed E-state index contributed by atoms with van der Waals surface area (Å²) < 4.78 is 1.43. The van der Waals surface area contributed by atoms with Gasteiger partial charge in [-0.05, 0) is 37.3 Å². The van der Waals surface area contributed by atoms with Crippen LogP contribution in [0.1, 0.15) is 32.6 Å². The number of piperidine rings is 1. The van der Waals surface area contributed by atoms with Gasteiger partial charge in [-0.25, -0.2) is 4.98 Å². The lowest BCUT2D eigenvalue weighted by molar-refractivity contribution is -0.122. The van der Waals surface area contributed by atoms with E-state index in [0.717, 1.165) is 47.7 Å². The molecule has 0 saturated carbocycles. The predicted octanol–water partition coefficient (Wildman–Crippen LogP) is 3.57. The van der Waals surface area contributed by atoms with Gasteiger partial charge in [-0.2, -0.15) is 0 Å². The summed E-state index contributed by atoms with van der Waals surface area (Å²) >= 11 is 3.06. The van der Waals surface area contributed by atoms with Crippen LogP contribution < -0.4 is 10.9 Å². The maximum atomic E-state index is 13.0. The summed E-state index contributed by atoms with van der Waals surface area (Å²) in [6, 6.07) is 4.16. The molecule has 0 aliphatic carbocycles.